The van der Waals surface area contributed by atoms with Crippen molar-refractivity contribution in [3.8, 4) is 16.9 Å². The van der Waals surface area contributed by atoms with E-state index in [1.807, 2.05) is 36.4 Å². The van der Waals surface area contributed by atoms with Crippen LogP contribution in [0.1, 0.15) is 75.6 Å². The quantitative estimate of drug-likeness (QED) is 0.275. The number of carbonyl (C=O) groups excluding carboxylic acids is 1. The summed E-state index contributed by atoms with van der Waals surface area (Å²) in [7, 11) is 0. The first-order valence-corrected chi connectivity index (χ1v) is 10.7. The van der Waals surface area contributed by atoms with Crippen molar-refractivity contribution in [3.63, 3.8) is 0 Å². The number of benzene rings is 2. The normalized spacial score (nSPS) is 10.6. The van der Waals surface area contributed by atoms with Crippen molar-refractivity contribution in [3.05, 3.63) is 54.1 Å². The van der Waals surface area contributed by atoms with Gasteiger partial charge in [-0.2, -0.15) is 0 Å². The molecule has 0 fully saturated rings. The summed E-state index contributed by atoms with van der Waals surface area (Å²) < 4.78 is 11.1. The summed E-state index contributed by atoms with van der Waals surface area (Å²) in [5.74, 6) is 0.659. The van der Waals surface area contributed by atoms with Gasteiger partial charge in [0.05, 0.1) is 18.8 Å². The van der Waals surface area contributed by atoms with E-state index in [4.69, 9.17) is 9.47 Å². The first kappa shape index (κ1) is 22.0. The van der Waals surface area contributed by atoms with Crippen molar-refractivity contribution >= 4 is 5.97 Å². The lowest BCUT2D eigenvalue weighted by Crippen LogP contribution is -2.06. The molecule has 3 heteroatoms. The minimum absolute atomic E-state index is 0.251. The molecule has 0 aliphatic carbocycles. The molecule has 28 heavy (non-hydrogen) atoms. The van der Waals surface area contributed by atoms with Gasteiger partial charge in [0.1, 0.15) is 5.75 Å². The van der Waals surface area contributed by atoms with Crippen LogP contribution in [0.2, 0.25) is 0 Å². The van der Waals surface area contributed by atoms with Crippen molar-refractivity contribution in [2.45, 2.75) is 65.2 Å². The molecule has 0 atom stereocenters. The second-order valence-electron chi connectivity index (χ2n) is 7.21. The summed E-state index contributed by atoms with van der Waals surface area (Å²) >= 11 is 0. The monoisotopic (exact) mass is 382 g/mol. The lowest BCUT2D eigenvalue weighted by molar-refractivity contribution is 0.0500. The highest BCUT2D eigenvalue weighted by Gasteiger charge is 2.07. The van der Waals surface area contributed by atoms with Gasteiger partial charge in [-0.25, -0.2) is 4.79 Å². The maximum absolute atomic E-state index is 12.0. The highest BCUT2D eigenvalue weighted by molar-refractivity contribution is 5.90. The molecule has 0 heterocycles. The maximum atomic E-state index is 12.0. The predicted octanol–water partition coefficient (Wildman–Crippen LogP) is 7.05. The second kappa shape index (κ2) is 13.0. The Bertz CT molecular complexity index is 674. The van der Waals surface area contributed by atoms with E-state index in [1.54, 1.807) is 0 Å². The minimum Gasteiger partial charge on any atom is -0.494 e. The Morgan fingerprint density at radius 1 is 0.679 bits per heavy atom. The summed E-state index contributed by atoms with van der Waals surface area (Å²) in [6.07, 6.45) is 9.53. The lowest BCUT2D eigenvalue weighted by atomic mass is 10.0. The number of rotatable bonds is 13. The van der Waals surface area contributed by atoms with Gasteiger partial charge in [0, 0.05) is 0 Å². The van der Waals surface area contributed by atoms with Gasteiger partial charge < -0.3 is 9.47 Å². The Kier molecular flexibility index (Phi) is 10.2. The molecular formula is C25H34O3. The summed E-state index contributed by atoms with van der Waals surface area (Å²) in [5, 5.41) is 0. The van der Waals surface area contributed by atoms with E-state index < -0.39 is 0 Å². The smallest absolute Gasteiger partial charge is 0.338 e. The van der Waals surface area contributed by atoms with Crippen LogP contribution in [0.5, 0.6) is 5.75 Å². The molecule has 3 nitrogen and oxygen atoms in total. The van der Waals surface area contributed by atoms with E-state index in [0.717, 1.165) is 42.7 Å². The number of hydrogen-bond donors (Lipinski definition) is 0. The van der Waals surface area contributed by atoms with E-state index in [2.05, 4.69) is 26.0 Å². The molecule has 0 amide bonds. The molecule has 0 aliphatic rings. The molecule has 0 bridgehead atoms. The van der Waals surface area contributed by atoms with Gasteiger partial charge in [-0.15, -0.1) is 0 Å². The van der Waals surface area contributed by atoms with Crippen molar-refractivity contribution in [2.24, 2.45) is 0 Å². The van der Waals surface area contributed by atoms with Crippen LogP contribution in [0.4, 0.5) is 0 Å². The van der Waals surface area contributed by atoms with Crippen LogP contribution >= 0.6 is 0 Å². The Morgan fingerprint density at radius 3 is 1.89 bits per heavy atom. The van der Waals surface area contributed by atoms with Crippen molar-refractivity contribution in [1.82, 2.24) is 0 Å². The van der Waals surface area contributed by atoms with Gasteiger partial charge in [0.2, 0.25) is 0 Å². The minimum atomic E-state index is -0.251. The second-order valence-corrected chi connectivity index (χ2v) is 7.21. The van der Waals surface area contributed by atoms with E-state index in [-0.39, 0.29) is 5.97 Å². The standard InChI is InChI=1S/C25H34O3/c1-3-5-7-8-9-10-20-27-24-17-15-22(16-18-24)21-11-13-23(14-12-21)25(26)28-19-6-4-2/h11-18H,3-10,19-20H2,1-2H3. The SMILES string of the molecule is CCCCCCCCOc1ccc(-c2ccc(C(=O)OCCCC)cc2)cc1. The Hall–Kier alpha value is -2.29. The fraction of sp³-hybridized carbons (Fsp3) is 0.480. The van der Waals surface area contributed by atoms with Gasteiger partial charge >= 0.3 is 5.97 Å². The summed E-state index contributed by atoms with van der Waals surface area (Å²) in [4.78, 5) is 12.0. The molecule has 152 valence electrons. The van der Waals surface area contributed by atoms with Crippen LogP contribution in [0.15, 0.2) is 48.5 Å². The average Bonchev–Trinajstić information content (AvgIpc) is 2.74. The topological polar surface area (TPSA) is 35.5 Å². The van der Waals surface area contributed by atoms with Crippen LogP contribution in [0.25, 0.3) is 11.1 Å². The van der Waals surface area contributed by atoms with Gasteiger partial charge in [-0.05, 0) is 48.2 Å². The predicted molar refractivity (Wildman–Crippen MR) is 116 cm³/mol. The molecule has 0 spiro atoms. The molecule has 0 saturated carbocycles. The zero-order valence-electron chi connectivity index (χ0n) is 17.4. The fourth-order valence-corrected chi connectivity index (χ4v) is 3.01. The summed E-state index contributed by atoms with van der Waals surface area (Å²) in [5.41, 5.74) is 2.78. The Balaban J connectivity index is 1.78. The van der Waals surface area contributed by atoms with Crippen molar-refractivity contribution in [2.75, 3.05) is 13.2 Å². The molecule has 0 radical (unpaired) electrons. The fourth-order valence-electron chi connectivity index (χ4n) is 3.01. The summed E-state index contributed by atoms with van der Waals surface area (Å²) in [6.45, 7) is 5.58. The van der Waals surface area contributed by atoms with E-state index in [0.29, 0.717) is 12.2 Å². The van der Waals surface area contributed by atoms with Crippen molar-refractivity contribution < 1.29 is 14.3 Å². The highest BCUT2D eigenvalue weighted by atomic mass is 16.5. The number of ether oxygens (including phenoxy) is 2. The van der Waals surface area contributed by atoms with E-state index >= 15 is 0 Å². The molecule has 2 aromatic rings. The van der Waals surface area contributed by atoms with Gasteiger partial charge in [0.15, 0.2) is 0 Å². The largest absolute Gasteiger partial charge is 0.494 e. The first-order chi connectivity index (χ1) is 13.7. The summed E-state index contributed by atoms with van der Waals surface area (Å²) in [6, 6.07) is 15.7. The molecule has 0 aromatic heterocycles. The molecule has 2 aromatic carbocycles. The van der Waals surface area contributed by atoms with E-state index in [1.165, 1.54) is 32.1 Å². The first-order valence-electron chi connectivity index (χ1n) is 10.7. The van der Waals surface area contributed by atoms with Gasteiger partial charge in [0.25, 0.3) is 0 Å². The van der Waals surface area contributed by atoms with Crippen LogP contribution in [0, 0.1) is 0 Å². The third-order valence-electron chi connectivity index (χ3n) is 4.81. The molecule has 2 rings (SSSR count). The number of hydrogen-bond acceptors (Lipinski definition) is 3. The Labute approximate surface area is 170 Å². The molecule has 0 aliphatic heterocycles. The number of unbranched alkanes of at least 4 members (excludes halogenated alkanes) is 6. The van der Waals surface area contributed by atoms with E-state index in [9.17, 15) is 4.79 Å². The third-order valence-corrected chi connectivity index (χ3v) is 4.81. The average molecular weight is 383 g/mol. The third kappa shape index (κ3) is 7.75. The zero-order valence-corrected chi connectivity index (χ0v) is 17.4. The van der Waals surface area contributed by atoms with Gasteiger partial charge in [-0.3, -0.25) is 0 Å². The zero-order chi connectivity index (χ0) is 20.0. The van der Waals surface area contributed by atoms with Crippen LogP contribution < -0.4 is 4.74 Å². The molecule has 0 saturated heterocycles. The van der Waals surface area contributed by atoms with Crippen molar-refractivity contribution in [1.29, 1.82) is 0 Å². The molecule has 0 unspecified atom stereocenters. The van der Waals surface area contributed by atoms with Crippen LogP contribution in [0.3, 0.4) is 0 Å². The van der Waals surface area contributed by atoms with Crippen LogP contribution in [-0.4, -0.2) is 19.2 Å². The van der Waals surface area contributed by atoms with Crippen LogP contribution in [-0.2, 0) is 4.74 Å². The highest BCUT2D eigenvalue weighted by Crippen LogP contribution is 2.23. The number of esters is 1. The Morgan fingerprint density at radius 2 is 1.25 bits per heavy atom. The molecular weight excluding hydrogens is 348 g/mol. The maximum Gasteiger partial charge on any atom is 0.338 e. The molecule has 0 N–H and O–H groups in total. The van der Waals surface area contributed by atoms with Gasteiger partial charge in [-0.1, -0.05) is 76.6 Å². The lowest BCUT2D eigenvalue weighted by Gasteiger charge is -2.08. The number of carbonyl (C=O) groups is 1.